The van der Waals surface area contributed by atoms with Crippen LogP contribution in [0.4, 0.5) is 22.6 Å². The van der Waals surface area contributed by atoms with Gasteiger partial charge in [-0.3, -0.25) is 28.9 Å². The Bertz CT molecular complexity index is 2940. The number of halogens is 1. The van der Waals surface area contributed by atoms with E-state index in [1.807, 2.05) is 11.0 Å². The molecular weight excluding hydrogens is 1020 g/mol. The van der Waals surface area contributed by atoms with Gasteiger partial charge in [0.05, 0.1) is 47.7 Å². The van der Waals surface area contributed by atoms with E-state index in [1.54, 1.807) is 49.5 Å². The Balaban J connectivity index is 0.688. The monoisotopic (exact) mass is 1090 g/mol. The van der Waals surface area contributed by atoms with Gasteiger partial charge in [-0.15, -0.1) is 11.8 Å². The van der Waals surface area contributed by atoms with E-state index >= 15 is 0 Å². The van der Waals surface area contributed by atoms with E-state index in [1.165, 1.54) is 30.1 Å². The van der Waals surface area contributed by atoms with Gasteiger partial charge in [-0.1, -0.05) is 43.7 Å². The van der Waals surface area contributed by atoms with Crippen LogP contribution in [0.5, 0.6) is 11.5 Å². The van der Waals surface area contributed by atoms with Crippen LogP contribution in [0.2, 0.25) is 5.02 Å². The Morgan fingerprint density at radius 1 is 0.880 bits per heavy atom. The van der Waals surface area contributed by atoms with Gasteiger partial charge in [-0.2, -0.15) is 4.98 Å². The number of anilines is 4. The summed E-state index contributed by atoms with van der Waals surface area (Å²) in [4.78, 5) is 92.0. The number of ether oxygens (including phenoxy) is 2. The summed E-state index contributed by atoms with van der Waals surface area (Å²) < 4.78 is 19.5. The lowest BCUT2D eigenvalue weighted by Gasteiger charge is -2.47. The molecule has 0 unspecified atom stereocenters. The van der Waals surface area contributed by atoms with Crippen molar-refractivity contribution in [3.63, 3.8) is 0 Å². The first-order valence-electron chi connectivity index (χ1n) is 25.7. The smallest absolute Gasteiger partial charge is 0.293 e. The number of nitrogens with one attached hydrogen (secondary N) is 3. The van der Waals surface area contributed by atoms with E-state index in [0.29, 0.717) is 114 Å². The average Bonchev–Trinajstić information content (AvgIpc) is 4.10. The summed E-state index contributed by atoms with van der Waals surface area (Å²) in [6.45, 7) is 11.9. The molecule has 0 aliphatic carbocycles. The van der Waals surface area contributed by atoms with E-state index < -0.39 is 5.56 Å². The fourth-order valence-electron chi connectivity index (χ4n) is 10.5. The summed E-state index contributed by atoms with van der Waals surface area (Å²) in [6.07, 6.45) is 11.6. The number of amides is 4. The standard InChI is InChI=1S/C52H67ClN12O8S2/c1-51(2,3)39-27-55-41(73-39)31-74-43-28-57-50(75-43)60-46(68)32-7-15-62(16-8-32)29-42(67)63-19-11-52(12-20-63)13-21-64(22-14-52)47(69)33-9-17-65(18-10-33)49-56-26-36(53)45(59-49)58-35-23-34-24-38(72-30-40(66)54-4)48(70)61(5)44(34)37(25-35)71-6/h23-28,32-33H,7-22,29-31H2,1-6H3,(H,54,66)(H,56,58,59)(H,57,60,68). The molecular formula is C52H67ClN12O8S2. The Kier molecular flexibility index (Phi) is 16.6. The number of hydrogen-bond donors (Lipinski definition) is 3. The van der Waals surface area contributed by atoms with Crippen molar-refractivity contribution in [2.75, 3.05) is 95.2 Å². The molecule has 5 aromatic rings. The van der Waals surface area contributed by atoms with Crippen molar-refractivity contribution in [2.24, 2.45) is 24.3 Å². The summed E-state index contributed by atoms with van der Waals surface area (Å²) in [5, 5.41) is 10.3. The number of rotatable bonds is 15. The molecule has 3 N–H and O–H groups in total. The van der Waals surface area contributed by atoms with Crippen LogP contribution in [-0.4, -0.2) is 142 Å². The van der Waals surface area contributed by atoms with Crippen LogP contribution in [0.15, 0.2) is 50.2 Å². The van der Waals surface area contributed by atoms with Crippen molar-refractivity contribution in [3.05, 3.63) is 63.8 Å². The summed E-state index contributed by atoms with van der Waals surface area (Å²) >= 11 is 9.65. The van der Waals surface area contributed by atoms with Crippen LogP contribution in [-0.2, 0) is 37.4 Å². The summed E-state index contributed by atoms with van der Waals surface area (Å²) in [7, 11) is 4.62. The first kappa shape index (κ1) is 53.8. The molecule has 75 heavy (non-hydrogen) atoms. The van der Waals surface area contributed by atoms with Crippen LogP contribution in [0.25, 0.3) is 10.9 Å². The summed E-state index contributed by atoms with van der Waals surface area (Å²) in [6, 6.07) is 5.14. The quantitative estimate of drug-likeness (QED) is 0.0929. The molecule has 8 heterocycles. The number of hydrogen-bond acceptors (Lipinski definition) is 17. The van der Waals surface area contributed by atoms with E-state index in [9.17, 15) is 24.0 Å². The Morgan fingerprint density at radius 3 is 2.24 bits per heavy atom. The van der Waals surface area contributed by atoms with Gasteiger partial charge in [-0.05, 0) is 82.0 Å². The van der Waals surface area contributed by atoms with E-state index in [4.69, 9.17) is 30.5 Å². The third kappa shape index (κ3) is 12.7. The van der Waals surface area contributed by atoms with Crippen molar-refractivity contribution in [2.45, 2.75) is 87.5 Å². The van der Waals surface area contributed by atoms with Crippen LogP contribution in [0.3, 0.4) is 0 Å². The molecule has 0 atom stereocenters. The fourth-order valence-corrected chi connectivity index (χ4v) is 12.3. The Morgan fingerprint density at radius 2 is 1.57 bits per heavy atom. The number of thiazole rings is 1. The zero-order valence-electron chi connectivity index (χ0n) is 43.5. The Hall–Kier alpha value is -5.97. The van der Waals surface area contributed by atoms with Crippen molar-refractivity contribution in [3.8, 4) is 11.5 Å². The van der Waals surface area contributed by atoms with E-state index in [2.05, 4.69) is 66.4 Å². The van der Waals surface area contributed by atoms with Crippen molar-refractivity contribution < 1.29 is 33.1 Å². The number of nitrogens with zero attached hydrogens (tertiary/aromatic N) is 9. The van der Waals surface area contributed by atoms with Crippen LogP contribution >= 0.6 is 34.7 Å². The number of likely N-dealkylation sites (tertiary alicyclic amines) is 3. The molecule has 402 valence electrons. The highest BCUT2D eigenvalue weighted by Gasteiger charge is 2.41. The van der Waals surface area contributed by atoms with Gasteiger partial charge in [0, 0.05) is 87.8 Å². The first-order chi connectivity index (χ1) is 36.0. The average molecular weight is 1090 g/mol. The molecule has 4 aliphatic rings. The molecule has 1 aromatic carbocycles. The highest BCUT2D eigenvalue weighted by atomic mass is 35.5. The maximum absolute atomic E-state index is 13.9. The first-order valence-corrected chi connectivity index (χ1v) is 27.9. The molecule has 9 rings (SSSR count). The zero-order valence-corrected chi connectivity index (χ0v) is 45.9. The van der Waals surface area contributed by atoms with E-state index in [0.717, 1.165) is 61.8 Å². The number of aryl methyl sites for hydroxylation is 1. The number of likely N-dealkylation sites (N-methyl/N-ethyl adjacent to an activating group) is 1. The number of carbonyl (C=O) groups excluding carboxylic acids is 4. The largest absolute Gasteiger partial charge is 0.494 e. The highest BCUT2D eigenvalue weighted by molar-refractivity contribution is 8.00. The van der Waals surface area contributed by atoms with Crippen molar-refractivity contribution in [1.29, 1.82) is 0 Å². The number of pyridine rings is 1. The molecule has 4 aliphatic heterocycles. The van der Waals surface area contributed by atoms with Gasteiger partial charge in [0.25, 0.3) is 11.5 Å². The lowest BCUT2D eigenvalue weighted by Crippen LogP contribution is -2.52. The van der Waals surface area contributed by atoms with Gasteiger partial charge in [-0.25, -0.2) is 15.0 Å². The zero-order chi connectivity index (χ0) is 53.0. The lowest BCUT2D eigenvalue weighted by molar-refractivity contribution is -0.140. The van der Waals surface area contributed by atoms with E-state index in [-0.39, 0.29) is 58.7 Å². The molecule has 4 aromatic heterocycles. The third-order valence-corrected chi connectivity index (χ3v) is 17.6. The predicted molar refractivity (Wildman–Crippen MR) is 289 cm³/mol. The fraction of sp³-hybridized carbons (Fsp3) is 0.558. The minimum Gasteiger partial charge on any atom is -0.494 e. The van der Waals surface area contributed by atoms with Gasteiger partial charge in [0.1, 0.15) is 16.5 Å². The summed E-state index contributed by atoms with van der Waals surface area (Å²) in [5.41, 5.74) is 0.772. The van der Waals surface area contributed by atoms with Crippen molar-refractivity contribution in [1.82, 2.24) is 44.5 Å². The molecule has 4 fully saturated rings. The van der Waals surface area contributed by atoms with Crippen LogP contribution in [0.1, 0.15) is 83.8 Å². The molecule has 23 heteroatoms. The molecule has 20 nitrogen and oxygen atoms in total. The number of piperidine rings is 4. The second-order valence-electron chi connectivity index (χ2n) is 21.1. The number of carbonyl (C=O) groups is 4. The molecule has 4 amide bonds. The predicted octanol–water partition coefficient (Wildman–Crippen LogP) is 6.69. The minimum atomic E-state index is -0.411. The van der Waals surface area contributed by atoms with Gasteiger partial charge < -0.3 is 49.1 Å². The molecule has 1 spiro atoms. The SMILES string of the molecule is CNC(=O)COc1cc2cc(Nc3nc(N4CCC(C(=O)N5CCC6(CCN(C(=O)CN7CCC(C(=O)Nc8ncc(SCc9ncc(C(C)(C)C)o9)s8)CC7)CC6)CC5)CC4)ncc3Cl)cc(OC)c2n(C)c1=O. The Labute approximate surface area is 449 Å². The molecule has 4 saturated heterocycles. The number of oxazole rings is 1. The van der Waals surface area contributed by atoms with Crippen LogP contribution in [0, 0.1) is 17.3 Å². The van der Waals surface area contributed by atoms with Crippen LogP contribution < -0.4 is 35.9 Å². The van der Waals surface area contributed by atoms with Gasteiger partial charge in [0.2, 0.25) is 29.6 Å². The molecule has 0 bridgehead atoms. The highest BCUT2D eigenvalue weighted by Crippen LogP contribution is 2.42. The number of methoxy groups -OCH3 is 1. The number of thioether (sulfide) groups is 1. The number of aromatic nitrogens is 5. The normalized spacial score (nSPS) is 17.8. The van der Waals surface area contributed by atoms with Gasteiger partial charge >= 0.3 is 0 Å². The summed E-state index contributed by atoms with van der Waals surface area (Å²) in [5.74, 6) is 3.20. The lowest BCUT2D eigenvalue weighted by atomic mass is 9.71. The number of fused-ring (bicyclic) bond motifs is 1. The maximum Gasteiger partial charge on any atom is 0.293 e. The maximum atomic E-state index is 13.9. The number of benzene rings is 1. The van der Waals surface area contributed by atoms with Crippen molar-refractivity contribution >= 4 is 91.8 Å². The molecule has 0 saturated carbocycles. The third-order valence-electron chi connectivity index (χ3n) is 15.2. The second kappa shape index (κ2) is 23.1. The topological polar surface area (TPSA) is 222 Å². The minimum absolute atomic E-state index is 0.0198. The molecule has 0 radical (unpaired) electrons. The van der Waals surface area contributed by atoms with Gasteiger partial charge in [0.15, 0.2) is 23.3 Å². The second-order valence-corrected chi connectivity index (χ2v) is 23.8.